The zero-order chi connectivity index (χ0) is 13.8. The van der Waals surface area contributed by atoms with Gasteiger partial charge in [-0.05, 0) is 42.8 Å². The first-order valence-corrected chi connectivity index (χ1v) is 6.08. The average Bonchev–Trinajstić information content (AvgIpc) is 2.41. The second kappa shape index (κ2) is 5.63. The van der Waals surface area contributed by atoms with Crippen LogP contribution in [0.3, 0.4) is 0 Å². The molecule has 0 saturated carbocycles. The maximum absolute atomic E-state index is 9.79. The Morgan fingerprint density at radius 1 is 1.11 bits per heavy atom. The number of phenols is 2. The number of benzene rings is 2. The van der Waals surface area contributed by atoms with Crippen LogP contribution >= 0.6 is 0 Å². The average molecular weight is 259 g/mol. The molecule has 0 heterocycles. The molecule has 4 nitrogen and oxygen atoms in total. The summed E-state index contributed by atoms with van der Waals surface area (Å²) in [6.07, 6.45) is 0. The fraction of sp³-hybridized carbons (Fsp3) is 0.200. The Hall–Kier alpha value is -2.20. The summed E-state index contributed by atoms with van der Waals surface area (Å²) in [6, 6.07) is 11.7. The normalized spacial score (nSPS) is 12.1. The summed E-state index contributed by atoms with van der Waals surface area (Å²) >= 11 is 0. The number of anilines is 1. The zero-order valence-electron chi connectivity index (χ0n) is 10.7. The van der Waals surface area contributed by atoms with Crippen LogP contribution < -0.4 is 5.32 Å². The molecule has 4 heteroatoms. The van der Waals surface area contributed by atoms with E-state index >= 15 is 0 Å². The van der Waals surface area contributed by atoms with E-state index in [1.807, 2.05) is 31.2 Å². The largest absolute Gasteiger partial charge is 0.508 e. The molecule has 100 valence electrons. The van der Waals surface area contributed by atoms with Crippen LogP contribution in [-0.2, 0) is 6.61 Å². The molecule has 1 unspecified atom stereocenters. The van der Waals surface area contributed by atoms with Crippen LogP contribution in [0.5, 0.6) is 11.5 Å². The summed E-state index contributed by atoms with van der Waals surface area (Å²) in [5.74, 6) is 0.252. The monoisotopic (exact) mass is 259 g/mol. The van der Waals surface area contributed by atoms with Gasteiger partial charge in [0.25, 0.3) is 0 Å². The van der Waals surface area contributed by atoms with E-state index in [1.165, 1.54) is 18.2 Å². The summed E-state index contributed by atoms with van der Waals surface area (Å²) in [5, 5.41) is 31.6. The number of aliphatic hydroxyl groups is 1. The van der Waals surface area contributed by atoms with E-state index < -0.39 is 0 Å². The van der Waals surface area contributed by atoms with Gasteiger partial charge in [-0.1, -0.05) is 12.1 Å². The molecule has 0 aliphatic heterocycles. The number of aromatic hydroxyl groups is 2. The molecular formula is C15H17NO3. The molecule has 0 aromatic heterocycles. The third-order valence-corrected chi connectivity index (χ3v) is 2.97. The van der Waals surface area contributed by atoms with Gasteiger partial charge in [-0.2, -0.15) is 0 Å². The maximum atomic E-state index is 9.79. The second-order valence-corrected chi connectivity index (χ2v) is 4.47. The minimum atomic E-state index is -0.166. The lowest BCUT2D eigenvalue weighted by atomic mass is 10.1. The molecule has 2 aromatic carbocycles. The molecule has 0 fully saturated rings. The Kier molecular flexibility index (Phi) is 3.92. The molecule has 2 aromatic rings. The Morgan fingerprint density at radius 2 is 1.89 bits per heavy atom. The fourth-order valence-electron chi connectivity index (χ4n) is 1.98. The first-order chi connectivity index (χ1) is 9.10. The minimum absolute atomic E-state index is 0.0126. The summed E-state index contributed by atoms with van der Waals surface area (Å²) in [6.45, 7) is 1.88. The number of rotatable bonds is 4. The van der Waals surface area contributed by atoms with E-state index in [1.54, 1.807) is 0 Å². The first kappa shape index (κ1) is 13.2. The second-order valence-electron chi connectivity index (χ2n) is 4.47. The SMILES string of the molecule is CC(Nc1cccc(CO)c1)c1cc(O)ccc1O. The molecule has 19 heavy (non-hydrogen) atoms. The van der Waals surface area contributed by atoms with E-state index in [4.69, 9.17) is 5.11 Å². The quantitative estimate of drug-likeness (QED) is 0.637. The molecule has 0 radical (unpaired) electrons. The molecule has 4 N–H and O–H groups in total. The molecule has 1 atom stereocenters. The van der Waals surface area contributed by atoms with Crippen molar-refractivity contribution >= 4 is 5.69 Å². The van der Waals surface area contributed by atoms with Gasteiger partial charge >= 0.3 is 0 Å². The van der Waals surface area contributed by atoms with Crippen molar-refractivity contribution in [2.45, 2.75) is 19.6 Å². The lowest BCUT2D eigenvalue weighted by Gasteiger charge is -2.17. The highest BCUT2D eigenvalue weighted by atomic mass is 16.3. The molecule has 0 aliphatic rings. The van der Waals surface area contributed by atoms with Gasteiger partial charge in [0.1, 0.15) is 11.5 Å². The van der Waals surface area contributed by atoms with Crippen LogP contribution in [-0.4, -0.2) is 15.3 Å². The van der Waals surface area contributed by atoms with Crippen molar-refractivity contribution in [3.05, 3.63) is 53.6 Å². The number of hydrogen-bond donors (Lipinski definition) is 4. The number of nitrogens with one attached hydrogen (secondary N) is 1. The van der Waals surface area contributed by atoms with Crippen LogP contribution in [0.25, 0.3) is 0 Å². The smallest absolute Gasteiger partial charge is 0.121 e. The van der Waals surface area contributed by atoms with Gasteiger partial charge in [0.2, 0.25) is 0 Å². The van der Waals surface area contributed by atoms with E-state index in [2.05, 4.69) is 5.32 Å². The van der Waals surface area contributed by atoms with Crippen LogP contribution in [0.4, 0.5) is 5.69 Å². The van der Waals surface area contributed by atoms with Gasteiger partial charge in [0, 0.05) is 11.3 Å². The van der Waals surface area contributed by atoms with Crippen molar-refractivity contribution in [1.82, 2.24) is 0 Å². The summed E-state index contributed by atoms with van der Waals surface area (Å²) in [5.41, 5.74) is 2.29. The maximum Gasteiger partial charge on any atom is 0.121 e. The third-order valence-electron chi connectivity index (χ3n) is 2.97. The highest BCUT2D eigenvalue weighted by Gasteiger charge is 2.11. The van der Waals surface area contributed by atoms with Gasteiger partial charge in [-0.25, -0.2) is 0 Å². The van der Waals surface area contributed by atoms with Gasteiger partial charge in [-0.3, -0.25) is 0 Å². The predicted octanol–water partition coefficient (Wildman–Crippen LogP) is 2.76. The molecule has 0 saturated heterocycles. The van der Waals surface area contributed by atoms with Gasteiger partial charge in [0.15, 0.2) is 0 Å². The van der Waals surface area contributed by atoms with E-state index in [-0.39, 0.29) is 24.1 Å². The molecule has 2 rings (SSSR count). The van der Waals surface area contributed by atoms with Gasteiger partial charge < -0.3 is 20.6 Å². The lowest BCUT2D eigenvalue weighted by molar-refractivity contribution is 0.282. The van der Waals surface area contributed by atoms with Crippen LogP contribution in [0, 0.1) is 0 Å². The summed E-state index contributed by atoms with van der Waals surface area (Å²) in [7, 11) is 0. The standard InChI is InChI=1S/C15H17NO3/c1-10(14-8-13(18)5-6-15(14)19)16-12-4-2-3-11(7-12)9-17/h2-8,10,16-19H,9H2,1H3. The lowest BCUT2D eigenvalue weighted by Crippen LogP contribution is -2.07. The van der Waals surface area contributed by atoms with Crippen molar-refractivity contribution in [3.63, 3.8) is 0 Å². The van der Waals surface area contributed by atoms with E-state index in [0.717, 1.165) is 11.3 Å². The number of phenolic OH excluding ortho intramolecular Hbond substituents is 2. The molecular weight excluding hydrogens is 242 g/mol. The van der Waals surface area contributed by atoms with E-state index in [9.17, 15) is 10.2 Å². The zero-order valence-corrected chi connectivity index (χ0v) is 10.7. The molecule has 0 amide bonds. The van der Waals surface area contributed by atoms with Crippen molar-refractivity contribution in [2.24, 2.45) is 0 Å². The van der Waals surface area contributed by atoms with E-state index in [0.29, 0.717) is 5.56 Å². The summed E-state index contributed by atoms with van der Waals surface area (Å²) < 4.78 is 0. The number of aliphatic hydroxyl groups excluding tert-OH is 1. The number of hydrogen-bond acceptors (Lipinski definition) is 4. The van der Waals surface area contributed by atoms with Gasteiger partial charge in [0.05, 0.1) is 12.6 Å². The van der Waals surface area contributed by atoms with Crippen molar-refractivity contribution in [2.75, 3.05) is 5.32 Å². The van der Waals surface area contributed by atoms with Crippen LogP contribution in [0.15, 0.2) is 42.5 Å². The minimum Gasteiger partial charge on any atom is -0.508 e. The van der Waals surface area contributed by atoms with Gasteiger partial charge in [-0.15, -0.1) is 0 Å². The van der Waals surface area contributed by atoms with Crippen LogP contribution in [0.2, 0.25) is 0 Å². The van der Waals surface area contributed by atoms with Crippen molar-refractivity contribution in [3.8, 4) is 11.5 Å². The first-order valence-electron chi connectivity index (χ1n) is 6.08. The van der Waals surface area contributed by atoms with Crippen LogP contribution in [0.1, 0.15) is 24.1 Å². The summed E-state index contributed by atoms with van der Waals surface area (Å²) in [4.78, 5) is 0. The van der Waals surface area contributed by atoms with Crippen molar-refractivity contribution in [1.29, 1.82) is 0 Å². The molecule has 0 aliphatic carbocycles. The highest BCUT2D eigenvalue weighted by molar-refractivity contribution is 5.50. The Morgan fingerprint density at radius 3 is 2.63 bits per heavy atom. The molecule has 0 spiro atoms. The Balaban J connectivity index is 2.20. The Bertz CT molecular complexity index is 569. The fourth-order valence-corrected chi connectivity index (χ4v) is 1.98. The molecule has 0 bridgehead atoms. The topological polar surface area (TPSA) is 72.7 Å². The third kappa shape index (κ3) is 3.17. The predicted molar refractivity (Wildman–Crippen MR) is 74.2 cm³/mol. The highest BCUT2D eigenvalue weighted by Crippen LogP contribution is 2.30. The van der Waals surface area contributed by atoms with Crippen molar-refractivity contribution < 1.29 is 15.3 Å². The Labute approximate surface area is 112 Å².